The molecule has 326 valence electrons. The summed E-state index contributed by atoms with van der Waals surface area (Å²) >= 11 is 0. The Hall–Kier alpha value is -7.36. The summed E-state index contributed by atoms with van der Waals surface area (Å²) in [6.45, 7) is 3.23. The summed E-state index contributed by atoms with van der Waals surface area (Å²) in [5.41, 5.74) is 19.3. The normalized spacial score (nSPS) is 12.7. The number of Topliss-reactive ketones (excluding diaryl/α,β-unsaturated/α-hetero) is 2. The number of aromatic nitrogens is 2. The van der Waals surface area contributed by atoms with Crippen molar-refractivity contribution >= 4 is 57.1 Å². The zero-order valence-electron chi connectivity index (χ0n) is 34.8. The quantitative estimate of drug-likeness (QED) is 0.0701. The molecule has 0 saturated heterocycles. The van der Waals surface area contributed by atoms with E-state index in [0.717, 1.165) is 82.9 Å². The molecule has 2 amide bonds. The van der Waals surface area contributed by atoms with Crippen molar-refractivity contribution in [2.45, 2.75) is 65.5 Å². The van der Waals surface area contributed by atoms with E-state index in [2.05, 4.69) is 4.74 Å². The largest absolute Gasteiger partial charge is 0.481 e. The van der Waals surface area contributed by atoms with Gasteiger partial charge < -0.3 is 39.9 Å². The van der Waals surface area contributed by atoms with Crippen molar-refractivity contribution < 1.29 is 56.9 Å². The summed E-state index contributed by atoms with van der Waals surface area (Å²) in [7, 11) is 1.26. The Bertz CT molecular complexity index is 2860. The molecule has 6 aromatic rings. The fourth-order valence-electron chi connectivity index (χ4n) is 8.74. The van der Waals surface area contributed by atoms with Crippen LogP contribution in [0.25, 0.3) is 21.8 Å². The summed E-state index contributed by atoms with van der Waals surface area (Å²) in [5, 5.41) is 9.93. The standard InChI is InChI=1S/C24H23FN2O5.C23H21FN2O5/c1-13-20(23(29)24(26)30)21-18(32-12-19(28)31-2)10-15-4-3-5-17(15)22(21)27(13)11-14-6-8-16(25)9-7-14;1-12-19(22(29)23(25)30)20-17(31-11-18(27)28)9-14-3-2-4-16(14)21(20)26(12)10-13-5-7-15(24)8-6-13/h6-10H,3-5,11-12H2,1-2H3,(H2,26,30);5-9H,2-4,10-11H2,1H3,(H2,25,30)(H,27,28). The Morgan fingerprint density at radius 2 is 1.03 bits per heavy atom. The molecule has 0 radical (unpaired) electrons. The number of nitrogens with two attached hydrogens (primary N) is 2. The summed E-state index contributed by atoms with van der Waals surface area (Å²) in [6.07, 6.45) is 5.06. The molecule has 0 atom stereocenters. The second-order valence-corrected chi connectivity index (χ2v) is 15.5. The minimum atomic E-state index is -1.15. The Morgan fingerprint density at radius 3 is 1.40 bits per heavy atom. The number of rotatable bonds is 14. The van der Waals surface area contributed by atoms with Crippen molar-refractivity contribution in [1.82, 2.24) is 9.13 Å². The van der Waals surface area contributed by atoms with Crippen LogP contribution >= 0.6 is 0 Å². The average Bonchev–Trinajstić information content (AvgIpc) is 4.04. The zero-order chi connectivity index (χ0) is 45.3. The monoisotopic (exact) mass is 862 g/mol. The third-order valence-corrected chi connectivity index (χ3v) is 11.6. The predicted octanol–water partition coefficient (Wildman–Crippen LogP) is 5.60. The second kappa shape index (κ2) is 17.9. The summed E-state index contributed by atoms with van der Waals surface area (Å²) in [6, 6.07) is 15.7. The van der Waals surface area contributed by atoms with Gasteiger partial charge in [-0.2, -0.15) is 0 Å². The average molecular weight is 863 g/mol. The number of primary amides is 2. The maximum absolute atomic E-state index is 13.4. The highest BCUT2D eigenvalue weighted by Crippen LogP contribution is 2.43. The number of fused-ring (bicyclic) bond motifs is 6. The first kappa shape index (κ1) is 43.7. The molecule has 14 nitrogen and oxygen atoms in total. The number of hydrogen-bond donors (Lipinski definition) is 3. The Morgan fingerprint density at radius 1 is 0.635 bits per heavy atom. The number of halogens is 2. The Labute approximate surface area is 359 Å². The van der Waals surface area contributed by atoms with Crippen LogP contribution in [0, 0.1) is 25.5 Å². The van der Waals surface area contributed by atoms with E-state index in [9.17, 15) is 37.5 Å². The number of carbonyl (C=O) groups is 6. The van der Waals surface area contributed by atoms with Crippen LogP contribution in [0.3, 0.4) is 0 Å². The third kappa shape index (κ3) is 8.61. The summed E-state index contributed by atoms with van der Waals surface area (Å²) in [4.78, 5) is 72.1. The van der Waals surface area contributed by atoms with Crippen molar-refractivity contribution in [3.8, 4) is 11.5 Å². The maximum Gasteiger partial charge on any atom is 0.343 e. The predicted molar refractivity (Wildman–Crippen MR) is 226 cm³/mol. The molecule has 63 heavy (non-hydrogen) atoms. The van der Waals surface area contributed by atoms with Gasteiger partial charge in [0, 0.05) is 24.5 Å². The lowest BCUT2D eigenvalue weighted by Crippen LogP contribution is -2.24. The third-order valence-electron chi connectivity index (χ3n) is 11.6. The molecule has 0 unspecified atom stereocenters. The molecule has 2 aromatic heterocycles. The van der Waals surface area contributed by atoms with Gasteiger partial charge >= 0.3 is 11.9 Å². The molecule has 5 N–H and O–H groups in total. The van der Waals surface area contributed by atoms with E-state index in [1.54, 1.807) is 44.2 Å². The molecular formula is C47H44F2N4O10. The lowest BCUT2D eigenvalue weighted by Gasteiger charge is -2.14. The van der Waals surface area contributed by atoms with E-state index in [4.69, 9.17) is 26.0 Å². The van der Waals surface area contributed by atoms with Crippen molar-refractivity contribution in [3.63, 3.8) is 0 Å². The smallest absolute Gasteiger partial charge is 0.343 e. The zero-order valence-corrected chi connectivity index (χ0v) is 34.8. The number of hydrogen-bond acceptors (Lipinski definition) is 9. The molecule has 2 aliphatic carbocycles. The van der Waals surface area contributed by atoms with Gasteiger partial charge in [-0.1, -0.05) is 24.3 Å². The molecule has 8 rings (SSSR count). The van der Waals surface area contributed by atoms with Crippen molar-refractivity contribution in [2.75, 3.05) is 20.3 Å². The van der Waals surface area contributed by atoms with Crippen LogP contribution in [0.2, 0.25) is 0 Å². The first-order valence-electron chi connectivity index (χ1n) is 20.2. The van der Waals surface area contributed by atoms with Crippen molar-refractivity contribution in [3.05, 3.63) is 128 Å². The van der Waals surface area contributed by atoms with Crippen molar-refractivity contribution in [2.24, 2.45) is 11.5 Å². The van der Waals surface area contributed by atoms with Crippen molar-refractivity contribution in [1.29, 1.82) is 0 Å². The highest BCUT2D eigenvalue weighted by molar-refractivity contribution is 6.46. The minimum absolute atomic E-state index is 0.111. The van der Waals surface area contributed by atoms with Crippen LogP contribution in [-0.4, -0.2) is 69.9 Å². The number of methoxy groups -OCH3 is 1. The number of aliphatic carboxylic acids is 1. The van der Waals surface area contributed by atoms with Crippen LogP contribution in [0.5, 0.6) is 11.5 Å². The van der Waals surface area contributed by atoms with Gasteiger partial charge in [-0.3, -0.25) is 19.2 Å². The van der Waals surface area contributed by atoms with Crippen LogP contribution in [0.4, 0.5) is 8.78 Å². The molecule has 0 fully saturated rings. The van der Waals surface area contributed by atoms with Crippen LogP contribution in [-0.2, 0) is 62.7 Å². The molecule has 2 heterocycles. The molecule has 0 saturated carbocycles. The number of carbonyl (C=O) groups excluding carboxylic acids is 5. The number of ketones is 2. The Kier molecular flexibility index (Phi) is 12.4. The molecule has 4 aromatic carbocycles. The van der Waals surface area contributed by atoms with Gasteiger partial charge in [0.1, 0.15) is 23.1 Å². The van der Waals surface area contributed by atoms with E-state index in [-0.39, 0.29) is 35.1 Å². The summed E-state index contributed by atoms with van der Waals surface area (Å²) in [5.74, 6) is -5.71. The first-order chi connectivity index (χ1) is 30.1. The molecule has 0 aliphatic heterocycles. The molecule has 16 heteroatoms. The van der Waals surface area contributed by atoms with E-state index in [1.165, 1.54) is 31.4 Å². The highest BCUT2D eigenvalue weighted by Gasteiger charge is 2.32. The molecule has 0 bridgehead atoms. The van der Waals surface area contributed by atoms with E-state index in [0.29, 0.717) is 41.0 Å². The number of aryl methyl sites for hydroxylation is 4. The maximum atomic E-state index is 13.4. The van der Waals surface area contributed by atoms with Crippen LogP contribution < -0.4 is 20.9 Å². The number of nitrogens with zero attached hydrogens (tertiary/aromatic N) is 2. The van der Waals surface area contributed by atoms with E-state index < -0.39 is 41.9 Å². The fourth-order valence-corrected chi connectivity index (χ4v) is 8.74. The lowest BCUT2D eigenvalue weighted by molar-refractivity contribution is -0.143. The van der Waals surface area contributed by atoms with Gasteiger partial charge in [0.05, 0.1) is 40.0 Å². The number of carboxylic acids is 1. The first-order valence-corrected chi connectivity index (χ1v) is 20.2. The minimum Gasteiger partial charge on any atom is -0.481 e. The Balaban J connectivity index is 0.000000189. The van der Waals surface area contributed by atoms with E-state index >= 15 is 0 Å². The van der Waals surface area contributed by atoms with E-state index in [1.807, 2.05) is 15.2 Å². The number of benzene rings is 4. The number of amides is 2. The van der Waals surface area contributed by atoms with Crippen LogP contribution in [0.1, 0.15) is 78.3 Å². The van der Waals surface area contributed by atoms with Gasteiger partial charge in [-0.25, -0.2) is 18.4 Å². The lowest BCUT2D eigenvalue weighted by atomic mass is 10.0. The summed E-state index contributed by atoms with van der Waals surface area (Å²) < 4.78 is 46.6. The van der Waals surface area contributed by atoms with Gasteiger partial charge in [0.15, 0.2) is 13.2 Å². The van der Waals surface area contributed by atoms with Gasteiger partial charge in [0.2, 0.25) is 0 Å². The van der Waals surface area contributed by atoms with Gasteiger partial charge in [0.25, 0.3) is 23.4 Å². The van der Waals surface area contributed by atoms with Gasteiger partial charge in [-0.15, -0.1) is 0 Å². The fraction of sp³-hybridized carbons (Fsp3) is 0.277. The molecular weight excluding hydrogens is 819 g/mol. The highest BCUT2D eigenvalue weighted by atomic mass is 19.1. The van der Waals surface area contributed by atoms with Gasteiger partial charge in [-0.05, 0) is 122 Å². The molecule has 2 aliphatic rings. The number of ether oxygens (including phenoxy) is 3. The molecule has 0 spiro atoms. The number of esters is 1. The topological polar surface area (TPSA) is 212 Å². The van der Waals surface area contributed by atoms with Crippen LogP contribution in [0.15, 0.2) is 60.7 Å². The number of carboxylic acid groups (broad SMARTS) is 1. The SMILES string of the molecule is COC(=O)COc1cc2c(c3c1c(C(=O)C(N)=O)c(C)n3Cc1ccc(F)cc1)CCC2.Cc1c(C(=O)C(N)=O)c2c(OCC(=O)O)cc3c(c2n1Cc1ccc(F)cc1)CCC3. The second-order valence-electron chi connectivity index (χ2n) is 15.5.